The van der Waals surface area contributed by atoms with Crippen LogP contribution in [0.25, 0.3) is 0 Å². The van der Waals surface area contributed by atoms with Crippen molar-refractivity contribution in [2.75, 3.05) is 0 Å². The Bertz CT molecular complexity index is 330. The number of hydrogen-bond donors (Lipinski definition) is 1. The normalized spacial score (nSPS) is 44.1. The average Bonchev–Trinajstić information content (AvgIpc) is 2.31. The summed E-state index contributed by atoms with van der Waals surface area (Å²) in [4.78, 5) is 11.2. The number of aliphatic hydroxyl groups excluding tert-OH is 1. The van der Waals surface area contributed by atoms with Crippen molar-refractivity contribution in [1.29, 1.82) is 0 Å². The SMILES string of the molecule is C/C1=C/C[C@@H]2[C@H](CC2(C)C)C(C=O)CC[C@@H]1O. The lowest BCUT2D eigenvalue weighted by molar-refractivity contribution is -0.120. The Labute approximate surface area is 104 Å². The maximum Gasteiger partial charge on any atom is 0.123 e. The minimum Gasteiger partial charge on any atom is -0.389 e. The van der Waals surface area contributed by atoms with Gasteiger partial charge in [0.15, 0.2) is 0 Å². The summed E-state index contributed by atoms with van der Waals surface area (Å²) in [6.07, 6.45) is 6.71. The molecule has 0 bridgehead atoms. The van der Waals surface area contributed by atoms with E-state index in [4.69, 9.17) is 0 Å². The third kappa shape index (κ3) is 2.33. The molecule has 0 aromatic rings. The minimum atomic E-state index is -0.349. The molecule has 1 fully saturated rings. The van der Waals surface area contributed by atoms with E-state index in [-0.39, 0.29) is 12.0 Å². The molecule has 17 heavy (non-hydrogen) atoms. The van der Waals surface area contributed by atoms with E-state index < -0.39 is 0 Å². The Kier molecular flexibility index (Phi) is 3.44. The van der Waals surface area contributed by atoms with Gasteiger partial charge in [-0.15, -0.1) is 0 Å². The maximum absolute atomic E-state index is 11.2. The van der Waals surface area contributed by atoms with E-state index in [1.54, 1.807) is 0 Å². The van der Waals surface area contributed by atoms with Crippen LogP contribution in [0.4, 0.5) is 0 Å². The van der Waals surface area contributed by atoms with Crippen LogP contribution >= 0.6 is 0 Å². The Hall–Kier alpha value is -0.630. The van der Waals surface area contributed by atoms with Crippen LogP contribution in [0.5, 0.6) is 0 Å². The van der Waals surface area contributed by atoms with Gasteiger partial charge in [-0.1, -0.05) is 19.9 Å². The molecule has 0 saturated heterocycles. The van der Waals surface area contributed by atoms with Crippen molar-refractivity contribution in [3.63, 3.8) is 0 Å². The van der Waals surface area contributed by atoms with Gasteiger partial charge in [0.25, 0.3) is 0 Å². The highest BCUT2D eigenvalue weighted by Crippen LogP contribution is 2.56. The maximum atomic E-state index is 11.2. The minimum absolute atomic E-state index is 0.155. The summed E-state index contributed by atoms with van der Waals surface area (Å²) in [5, 5.41) is 9.96. The quantitative estimate of drug-likeness (QED) is 0.561. The number of hydrogen-bond acceptors (Lipinski definition) is 2. The topological polar surface area (TPSA) is 37.3 Å². The largest absolute Gasteiger partial charge is 0.389 e. The monoisotopic (exact) mass is 236 g/mol. The molecular weight excluding hydrogens is 212 g/mol. The van der Waals surface area contributed by atoms with E-state index >= 15 is 0 Å². The molecule has 0 heterocycles. The van der Waals surface area contributed by atoms with E-state index in [0.717, 1.165) is 37.5 Å². The van der Waals surface area contributed by atoms with Gasteiger partial charge in [-0.3, -0.25) is 0 Å². The van der Waals surface area contributed by atoms with Crippen LogP contribution in [-0.2, 0) is 4.79 Å². The van der Waals surface area contributed by atoms with Gasteiger partial charge in [0, 0.05) is 5.92 Å². The van der Waals surface area contributed by atoms with Crippen LogP contribution in [-0.4, -0.2) is 17.5 Å². The van der Waals surface area contributed by atoms with Gasteiger partial charge in [0.2, 0.25) is 0 Å². The average molecular weight is 236 g/mol. The second-order valence-electron chi connectivity index (χ2n) is 6.54. The standard InChI is InChI=1S/C15H24O2/c1-10-4-6-13-12(8-15(13,2)3)11(9-16)5-7-14(10)17/h4,9,11-14,17H,5-8H2,1-3H3/b10-4-/t11?,12-,13-,14+/m1/s1. The van der Waals surface area contributed by atoms with Crippen molar-refractivity contribution in [2.45, 2.75) is 52.6 Å². The highest BCUT2D eigenvalue weighted by Gasteiger charge is 2.49. The van der Waals surface area contributed by atoms with Crippen LogP contribution in [0.1, 0.15) is 46.5 Å². The summed E-state index contributed by atoms with van der Waals surface area (Å²) in [6, 6.07) is 0. The third-order valence-electron chi connectivity index (χ3n) is 5.00. The zero-order chi connectivity index (χ0) is 12.6. The fourth-order valence-electron chi connectivity index (χ4n) is 3.67. The molecule has 0 aromatic carbocycles. The number of allylic oxidation sites excluding steroid dienone is 1. The van der Waals surface area contributed by atoms with E-state index in [1.807, 2.05) is 6.92 Å². The van der Waals surface area contributed by atoms with Crippen LogP contribution in [0.3, 0.4) is 0 Å². The second-order valence-corrected chi connectivity index (χ2v) is 6.54. The third-order valence-corrected chi connectivity index (χ3v) is 5.00. The highest BCUT2D eigenvalue weighted by atomic mass is 16.3. The van der Waals surface area contributed by atoms with Gasteiger partial charge in [0.1, 0.15) is 6.29 Å². The Morgan fingerprint density at radius 2 is 2.12 bits per heavy atom. The first-order chi connectivity index (χ1) is 7.95. The summed E-state index contributed by atoms with van der Waals surface area (Å²) >= 11 is 0. The number of fused-ring (bicyclic) bond motifs is 1. The fourth-order valence-corrected chi connectivity index (χ4v) is 3.67. The molecule has 0 aliphatic heterocycles. The molecule has 2 aliphatic rings. The smallest absolute Gasteiger partial charge is 0.123 e. The van der Waals surface area contributed by atoms with Crippen molar-refractivity contribution in [3.8, 4) is 0 Å². The van der Waals surface area contributed by atoms with Crippen LogP contribution in [0.15, 0.2) is 11.6 Å². The van der Waals surface area contributed by atoms with Gasteiger partial charge in [0.05, 0.1) is 6.10 Å². The van der Waals surface area contributed by atoms with Gasteiger partial charge < -0.3 is 9.90 Å². The molecule has 0 amide bonds. The first kappa shape index (κ1) is 12.8. The molecule has 0 radical (unpaired) electrons. The van der Waals surface area contributed by atoms with Gasteiger partial charge >= 0.3 is 0 Å². The summed E-state index contributed by atoms with van der Waals surface area (Å²) in [6.45, 7) is 6.60. The van der Waals surface area contributed by atoms with E-state index in [1.165, 1.54) is 0 Å². The molecule has 2 aliphatic carbocycles. The molecule has 2 rings (SSSR count). The van der Waals surface area contributed by atoms with Crippen molar-refractivity contribution in [1.82, 2.24) is 0 Å². The molecular formula is C15H24O2. The molecule has 1 saturated carbocycles. The van der Waals surface area contributed by atoms with E-state index in [9.17, 15) is 9.90 Å². The Balaban J connectivity index is 2.19. The molecule has 0 spiro atoms. The van der Waals surface area contributed by atoms with Gasteiger partial charge in [-0.25, -0.2) is 0 Å². The Morgan fingerprint density at radius 3 is 2.71 bits per heavy atom. The summed E-state index contributed by atoms with van der Waals surface area (Å²) in [5.41, 5.74) is 1.44. The van der Waals surface area contributed by atoms with Crippen LogP contribution in [0, 0.1) is 23.2 Å². The molecule has 4 atom stereocenters. The molecule has 2 heteroatoms. The van der Waals surface area contributed by atoms with Crippen LogP contribution < -0.4 is 0 Å². The number of rotatable bonds is 1. The summed E-state index contributed by atoms with van der Waals surface area (Å²) in [7, 11) is 0. The first-order valence-corrected chi connectivity index (χ1v) is 6.75. The van der Waals surface area contributed by atoms with E-state index in [0.29, 0.717) is 17.3 Å². The van der Waals surface area contributed by atoms with Gasteiger partial charge in [-0.2, -0.15) is 0 Å². The van der Waals surface area contributed by atoms with E-state index in [2.05, 4.69) is 19.9 Å². The van der Waals surface area contributed by atoms with Crippen molar-refractivity contribution >= 4 is 6.29 Å². The zero-order valence-electron chi connectivity index (χ0n) is 11.1. The number of aliphatic hydroxyl groups is 1. The second kappa shape index (κ2) is 4.56. The lowest BCUT2D eigenvalue weighted by Crippen LogP contribution is -2.47. The summed E-state index contributed by atoms with van der Waals surface area (Å²) in [5.74, 6) is 1.30. The molecule has 1 N–H and O–H groups in total. The van der Waals surface area contributed by atoms with Crippen molar-refractivity contribution in [3.05, 3.63) is 11.6 Å². The number of carbonyl (C=O) groups excluding carboxylic acids is 1. The molecule has 2 nitrogen and oxygen atoms in total. The molecule has 1 unspecified atom stereocenters. The number of carbonyl (C=O) groups is 1. The lowest BCUT2D eigenvalue weighted by atomic mass is 9.51. The zero-order valence-corrected chi connectivity index (χ0v) is 11.1. The summed E-state index contributed by atoms with van der Waals surface area (Å²) < 4.78 is 0. The molecule has 96 valence electrons. The van der Waals surface area contributed by atoms with Crippen molar-refractivity contribution < 1.29 is 9.90 Å². The fraction of sp³-hybridized carbons (Fsp3) is 0.800. The lowest BCUT2D eigenvalue weighted by Gasteiger charge is -2.53. The highest BCUT2D eigenvalue weighted by molar-refractivity contribution is 5.54. The number of aldehydes is 1. The predicted octanol–water partition coefficient (Wildman–Crippen LogP) is 2.95. The Morgan fingerprint density at radius 1 is 1.41 bits per heavy atom. The first-order valence-electron chi connectivity index (χ1n) is 6.75. The van der Waals surface area contributed by atoms with Crippen LogP contribution in [0.2, 0.25) is 0 Å². The molecule has 0 aromatic heterocycles. The van der Waals surface area contributed by atoms with Crippen molar-refractivity contribution in [2.24, 2.45) is 23.2 Å². The van der Waals surface area contributed by atoms with Gasteiger partial charge in [-0.05, 0) is 55.4 Å². The predicted molar refractivity (Wildman–Crippen MR) is 68.5 cm³/mol.